The van der Waals surface area contributed by atoms with Gasteiger partial charge >= 0.3 is 6.18 Å². The van der Waals surface area contributed by atoms with Crippen LogP contribution < -0.4 is 4.74 Å². The highest BCUT2D eigenvalue weighted by molar-refractivity contribution is 6.06. The fourth-order valence-corrected chi connectivity index (χ4v) is 2.86. The molecule has 2 heterocycles. The van der Waals surface area contributed by atoms with Crippen LogP contribution in [0, 0.1) is 0 Å². The summed E-state index contributed by atoms with van der Waals surface area (Å²) in [6.45, 7) is 0. The van der Waals surface area contributed by atoms with E-state index in [0.29, 0.717) is 16.5 Å². The third-order valence-electron chi connectivity index (χ3n) is 4.00. The van der Waals surface area contributed by atoms with Crippen LogP contribution >= 0.6 is 0 Å². The Morgan fingerprint density at radius 2 is 1.54 bits per heavy atom. The molecule has 0 bridgehead atoms. The van der Waals surface area contributed by atoms with E-state index in [0.717, 1.165) is 0 Å². The lowest BCUT2D eigenvalue weighted by atomic mass is 10.1. The second-order valence-corrected chi connectivity index (χ2v) is 5.62. The second-order valence-electron chi connectivity index (χ2n) is 5.62. The van der Waals surface area contributed by atoms with Crippen molar-refractivity contribution >= 4 is 21.8 Å². The number of hydrogen-bond donors (Lipinski definition) is 0. The highest BCUT2D eigenvalue weighted by Crippen LogP contribution is 2.40. The zero-order valence-corrected chi connectivity index (χ0v) is 13.6. The number of pyridine rings is 1. The summed E-state index contributed by atoms with van der Waals surface area (Å²) >= 11 is 0. The van der Waals surface area contributed by atoms with E-state index in [1.165, 1.54) is 7.11 Å². The maximum absolute atomic E-state index is 13.8. The van der Waals surface area contributed by atoms with Crippen molar-refractivity contribution in [3.05, 3.63) is 60.3 Å². The molecule has 0 aliphatic heterocycles. The first-order valence-corrected chi connectivity index (χ1v) is 7.76. The maximum Gasteiger partial charge on any atom is 0.434 e. The van der Waals surface area contributed by atoms with Crippen molar-refractivity contribution < 1.29 is 17.9 Å². The molecule has 4 aromatic rings. The van der Waals surface area contributed by atoms with Gasteiger partial charge in [-0.25, -0.2) is 15.0 Å². The predicted octanol–water partition coefficient (Wildman–Crippen LogP) is 4.87. The average molecular weight is 355 g/mol. The monoisotopic (exact) mass is 355 g/mol. The van der Waals surface area contributed by atoms with E-state index in [1.54, 1.807) is 54.6 Å². The standard InChI is InChI=1S/C19H12F3N3O/c1-26-18-14-15(12-9-5-6-10-13(12)23-18)24-17(11-7-3-2-4-8-11)25-16(14)19(20,21)22/h2-10H,1H3. The van der Waals surface area contributed by atoms with Crippen molar-refractivity contribution in [2.75, 3.05) is 7.11 Å². The molecule has 4 nitrogen and oxygen atoms in total. The Morgan fingerprint density at radius 1 is 0.846 bits per heavy atom. The molecule has 4 rings (SSSR count). The fraction of sp³-hybridized carbons (Fsp3) is 0.105. The molecular weight excluding hydrogens is 343 g/mol. The van der Waals surface area contributed by atoms with E-state index >= 15 is 0 Å². The number of hydrogen-bond acceptors (Lipinski definition) is 4. The average Bonchev–Trinajstić information content (AvgIpc) is 2.66. The molecular formula is C19H12F3N3O. The Morgan fingerprint density at radius 3 is 2.23 bits per heavy atom. The fourth-order valence-electron chi connectivity index (χ4n) is 2.86. The Balaban J connectivity index is 2.20. The topological polar surface area (TPSA) is 47.9 Å². The third kappa shape index (κ3) is 2.61. The van der Waals surface area contributed by atoms with Crippen molar-refractivity contribution in [2.45, 2.75) is 6.18 Å². The lowest BCUT2D eigenvalue weighted by molar-refractivity contribution is -0.139. The lowest BCUT2D eigenvalue weighted by Gasteiger charge is -2.15. The SMILES string of the molecule is COc1nc2ccccc2c2nc(-c3ccccc3)nc(C(F)(F)F)c12. The van der Waals surface area contributed by atoms with Gasteiger partial charge in [-0.1, -0.05) is 48.5 Å². The van der Waals surface area contributed by atoms with Gasteiger partial charge in [0, 0.05) is 10.9 Å². The number of alkyl halides is 3. The van der Waals surface area contributed by atoms with Crippen LogP contribution in [0.3, 0.4) is 0 Å². The molecule has 0 N–H and O–H groups in total. The molecule has 130 valence electrons. The minimum Gasteiger partial charge on any atom is -0.480 e. The maximum atomic E-state index is 13.8. The molecule has 0 unspecified atom stereocenters. The van der Waals surface area contributed by atoms with Gasteiger partial charge in [-0.05, 0) is 6.07 Å². The van der Waals surface area contributed by atoms with Gasteiger partial charge in [-0.3, -0.25) is 0 Å². The van der Waals surface area contributed by atoms with Gasteiger partial charge in [0.25, 0.3) is 0 Å². The minimum atomic E-state index is -4.68. The molecule has 7 heteroatoms. The molecule has 2 aromatic carbocycles. The Bertz CT molecular complexity index is 1110. The Kier molecular flexibility index (Phi) is 3.72. The smallest absolute Gasteiger partial charge is 0.434 e. The van der Waals surface area contributed by atoms with E-state index < -0.39 is 11.9 Å². The summed E-state index contributed by atoms with van der Waals surface area (Å²) in [5.74, 6) is -0.144. The van der Waals surface area contributed by atoms with Crippen LogP contribution in [-0.2, 0) is 6.18 Å². The van der Waals surface area contributed by atoms with Gasteiger partial charge in [0.15, 0.2) is 11.5 Å². The van der Waals surface area contributed by atoms with Crippen LogP contribution in [0.1, 0.15) is 5.69 Å². The van der Waals surface area contributed by atoms with Crippen LogP contribution in [0.5, 0.6) is 5.88 Å². The van der Waals surface area contributed by atoms with Crippen LogP contribution in [0.15, 0.2) is 54.6 Å². The van der Waals surface area contributed by atoms with E-state index in [2.05, 4.69) is 15.0 Å². The first kappa shape index (κ1) is 16.3. The number of aromatic nitrogens is 3. The summed E-state index contributed by atoms with van der Waals surface area (Å²) in [5.41, 5.74) is 0.104. The number of methoxy groups -OCH3 is 1. The molecule has 0 radical (unpaired) electrons. The normalized spacial score (nSPS) is 11.8. The van der Waals surface area contributed by atoms with Crippen molar-refractivity contribution in [3.63, 3.8) is 0 Å². The largest absolute Gasteiger partial charge is 0.480 e. The summed E-state index contributed by atoms with van der Waals surface area (Å²) in [5, 5.41) is 0.270. The predicted molar refractivity (Wildman–Crippen MR) is 91.8 cm³/mol. The number of ether oxygens (including phenoxy) is 1. The molecule has 0 amide bonds. The van der Waals surface area contributed by atoms with Gasteiger partial charge in [0.1, 0.15) is 0 Å². The van der Waals surface area contributed by atoms with Crippen molar-refractivity contribution in [3.8, 4) is 17.3 Å². The first-order chi connectivity index (χ1) is 12.5. The van der Waals surface area contributed by atoms with Crippen molar-refractivity contribution in [1.29, 1.82) is 0 Å². The molecule has 0 aliphatic carbocycles. The van der Waals surface area contributed by atoms with Crippen LogP contribution in [0.25, 0.3) is 33.2 Å². The molecule has 0 spiro atoms. The van der Waals surface area contributed by atoms with Crippen molar-refractivity contribution in [2.24, 2.45) is 0 Å². The van der Waals surface area contributed by atoms with Crippen LogP contribution in [-0.4, -0.2) is 22.1 Å². The van der Waals surface area contributed by atoms with Gasteiger partial charge in [0.2, 0.25) is 5.88 Å². The zero-order valence-electron chi connectivity index (χ0n) is 13.6. The number of halogens is 3. The van der Waals surface area contributed by atoms with Gasteiger partial charge in [-0.2, -0.15) is 13.2 Å². The molecule has 0 atom stereocenters. The van der Waals surface area contributed by atoms with Crippen LogP contribution in [0.4, 0.5) is 13.2 Å². The van der Waals surface area contributed by atoms with E-state index in [-0.39, 0.29) is 22.6 Å². The third-order valence-corrected chi connectivity index (χ3v) is 4.00. The summed E-state index contributed by atoms with van der Waals surface area (Å²) in [6.07, 6.45) is -4.68. The summed E-state index contributed by atoms with van der Waals surface area (Å²) in [7, 11) is 1.28. The molecule has 0 fully saturated rings. The van der Waals surface area contributed by atoms with E-state index in [1.807, 2.05) is 0 Å². The van der Waals surface area contributed by atoms with Crippen LogP contribution in [0.2, 0.25) is 0 Å². The summed E-state index contributed by atoms with van der Waals surface area (Å²) in [4.78, 5) is 12.4. The lowest BCUT2D eigenvalue weighted by Crippen LogP contribution is -2.12. The van der Waals surface area contributed by atoms with E-state index in [4.69, 9.17) is 4.74 Å². The van der Waals surface area contributed by atoms with Gasteiger partial charge in [-0.15, -0.1) is 0 Å². The van der Waals surface area contributed by atoms with Crippen molar-refractivity contribution in [1.82, 2.24) is 15.0 Å². The summed E-state index contributed by atoms with van der Waals surface area (Å²) in [6, 6.07) is 15.4. The Hall–Kier alpha value is -3.22. The molecule has 0 aliphatic rings. The van der Waals surface area contributed by atoms with Gasteiger partial charge < -0.3 is 4.74 Å². The number of rotatable bonds is 2. The number of benzene rings is 2. The molecule has 2 aromatic heterocycles. The Labute approximate surface area is 146 Å². The molecule has 0 saturated carbocycles. The quantitative estimate of drug-likeness (QED) is 0.481. The molecule has 0 saturated heterocycles. The highest BCUT2D eigenvalue weighted by Gasteiger charge is 2.37. The van der Waals surface area contributed by atoms with Gasteiger partial charge in [0.05, 0.1) is 23.5 Å². The number of para-hydroxylation sites is 1. The number of fused-ring (bicyclic) bond motifs is 3. The second kappa shape index (κ2) is 5.94. The molecule has 26 heavy (non-hydrogen) atoms. The highest BCUT2D eigenvalue weighted by atomic mass is 19.4. The number of nitrogens with zero attached hydrogens (tertiary/aromatic N) is 3. The van der Waals surface area contributed by atoms with E-state index in [9.17, 15) is 13.2 Å². The first-order valence-electron chi connectivity index (χ1n) is 7.76. The summed E-state index contributed by atoms with van der Waals surface area (Å²) < 4.78 is 46.4. The minimum absolute atomic E-state index is 0.00355. The zero-order chi connectivity index (χ0) is 18.3.